The van der Waals surface area contributed by atoms with Gasteiger partial charge in [-0.05, 0) is 42.1 Å². The molecule has 1 heterocycles. The van der Waals surface area contributed by atoms with E-state index in [-0.39, 0.29) is 17.7 Å². The van der Waals surface area contributed by atoms with Crippen LogP contribution in [-0.2, 0) is 4.79 Å². The first-order chi connectivity index (χ1) is 12.6. The Morgan fingerprint density at radius 1 is 0.885 bits per heavy atom. The van der Waals surface area contributed by atoms with Crippen molar-refractivity contribution in [3.05, 3.63) is 57.2 Å². The summed E-state index contributed by atoms with van der Waals surface area (Å²) in [4.78, 5) is 36.0. The molecule has 2 aromatic rings. The number of amides is 3. The van der Waals surface area contributed by atoms with E-state index in [0.717, 1.165) is 0 Å². The normalized spacial score (nSPS) is 10.2. The van der Waals surface area contributed by atoms with Crippen molar-refractivity contribution in [3.8, 4) is 0 Å². The quantitative estimate of drug-likeness (QED) is 0.572. The third kappa shape index (κ3) is 6.85. The second-order valence-corrected chi connectivity index (χ2v) is 6.83. The number of rotatable bonds is 9. The molecule has 0 spiro atoms. The summed E-state index contributed by atoms with van der Waals surface area (Å²) in [5.74, 6) is -0.450. The molecule has 3 N–H and O–H groups in total. The first kappa shape index (κ1) is 19.9. The summed E-state index contributed by atoms with van der Waals surface area (Å²) in [7, 11) is 0. The van der Waals surface area contributed by atoms with E-state index in [1.807, 2.05) is 11.4 Å². The summed E-state index contributed by atoms with van der Waals surface area (Å²) in [6.45, 7) is 1.12. The molecule has 26 heavy (non-hydrogen) atoms. The van der Waals surface area contributed by atoms with Crippen LogP contribution in [-0.4, -0.2) is 37.4 Å². The Balaban J connectivity index is 1.53. The molecule has 0 aliphatic carbocycles. The van der Waals surface area contributed by atoms with Gasteiger partial charge in [0.05, 0.1) is 4.88 Å². The van der Waals surface area contributed by atoms with Gasteiger partial charge in [-0.25, -0.2) is 0 Å². The number of hydrogen-bond donors (Lipinski definition) is 3. The lowest BCUT2D eigenvalue weighted by atomic mass is 10.2. The van der Waals surface area contributed by atoms with Gasteiger partial charge in [0.2, 0.25) is 5.91 Å². The molecule has 0 aliphatic heterocycles. The molecule has 0 aliphatic rings. The van der Waals surface area contributed by atoms with Gasteiger partial charge < -0.3 is 16.0 Å². The lowest BCUT2D eigenvalue weighted by Gasteiger charge is -2.08. The average molecular weight is 394 g/mol. The van der Waals surface area contributed by atoms with Gasteiger partial charge in [0.25, 0.3) is 11.8 Å². The SMILES string of the molecule is O=C(CCCNC(=O)c1cccs1)NCCNC(=O)c1ccc(Cl)cc1. The molecule has 1 aromatic carbocycles. The van der Waals surface area contributed by atoms with E-state index >= 15 is 0 Å². The molecule has 0 saturated heterocycles. The van der Waals surface area contributed by atoms with Gasteiger partial charge in [-0.15, -0.1) is 11.3 Å². The molecule has 0 unspecified atom stereocenters. The minimum atomic E-state index is -0.216. The standard InChI is InChI=1S/C18H20ClN3O3S/c19-14-7-5-13(6-8-14)17(24)22-11-10-20-16(23)4-1-9-21-18(25)15-3-2-12-26-15/h2-3,5-8,12H,1,4,9-11H2,(H,20,23)(H,21,25)(H,22,24). The first-order valence-electron chi connectivity index (χ1n) is 8.18. The summed E-state index contributed by atoms with van der Waals surface area (Å²) in [5, 5.41) is 10.6. The maximum absolute atomic E-state index is 11.9. The Labute approximate surface area is 160 Å². The number of carbonyl (C=O) groups excluding carboxylic acids is 3. The second-order valence-electron chi connectivity index (χ2n) is 5.45. The summed E-state index contributed by atoms with van der Waals surface area (Å²) in [6.07, 6.45) is 0.871. The summed E-state index contributed by atoms with van der Waals surface area (Å²) >= 11 is 7.15. The Hall–Kier alpha value is -2.38. The van der Waals surface area contributed by atoms with Crippen LogP contribution in [0.1, 0.15) is 32.9 Å². The maximum atomic E-state index is 11.9. The van der Waals surface area contributed by atoms with Crippen molar-refractivity contribution in [2.45, 2.75) is 12.8 Å². The van der Waals surface area contributed by atoms with E-state index in [2.05, 4.69) is 16.0 Å². The summed E-state index contributed by atoms with van der Waals surface area (Å²) in [5.41, 5.74) is 0.516. The Bertz CT molecular complexity index is 733. The Kier molecular flexibility index (Phi) is 8.11. The van der Waals surface area contributed by atoms with Gasteiger partial charge in [-0.2, -0.15) is 0 Å². The van der Waals surface area contributed by atoms with Crippen molar-refractivity contribution in [1.82, 2.24) is 16.0 Å². The summed E-state index contributed by atoms with van der Waals surface area (Å²) < 4.78 is 0. The molecule has 2 rings (SSSR count). The molecule has 138 valence electrons. The highest BCUT2D eigenvalue weighted by atomic mass is 35.5. The van der Waals surface area contributed by atoms with E-state index in [1.54, 1.807) is 30.3 Å². The number of halogens is 1. The molecular weight excluding hydrogens is 374 g/mol. The average Bonchev–Trinajstić information content (AvgIpc) is 3.17. The van der Waals surface area contributed by atoms with Gasteiger partial charge in [0, 0.05) is 36.6 Å². The van der Waals surface area contributed by atoms with E-state index in [1.165, 1.54) is 11.3 Å². The van der Waals surface area contributed by atoms with Crippen molar-refractivity contribution < 1.29 is 14.4 Å². The zero-order chi connectivity index (χ0) is 18.8. The van der Waals surface area contributed by atoms with E-state index < -0.39 is 0 Å². The van der Waals surface area contributed by atoms with Crippen LogP contribution >= 0.6 is 22.9 Å². The lowest BCUT2D eigenvalue weighted by molar-refractivity contribution is -0.121. The largest absolute Gasteiger partial charge is 0.354 e. The van der Waals surface area contributed by atoms with Crippen LogP contribution < -0.4 is 16.0 Å². The fourth-order valence-electron chi connectivity index (χ4n) is 2.12. The zero-order valence-electron chi connectivity index (χ0n) is 14.1. The van der Waals surface area contributed by atoms with Crippen molar-refractivity contribution in [3.63, 3.8) is 0 Å². The monoisotopic (exact) mass is 393 g/mol. The number of nitrogens with one attached hydrogen (secondary N) is 3. The van der Waals surface area contributed by atoms with Crippen LogP contribution in [0.5, 0.6) is 0 Å². The molecular formula is C18H20ClN3O3S. The molecule has 0 fully saturated rings. The minimum Gasteiger partial charge on any atom is -0.354 e. The highest BCUT2D eigenvalue weighted by Crippen LogP contribution is 2.09. The summed E-state index contributed by atoms with van der Waals surface area (Å²) in [6, 6.07) is 10.1. The smallest absolute Gasteiger partial charge is 0.261 e. The van der Waals surface area contributed by atoms with Crippen LogP contribution in [0, 0.1) is 0 Å². The molecule has 0 radical (unpaired) electrons. The van der Waals surface area contributed by atoms with Gasteiger partial charge in [-0.1, -0.05) is 17.7 Å². The zero-order valence-corrected chi connectivity index (χ0v) is 15.7. The van der Waals surface area contributed by atoms with Crippen LogP contribution in [0.3, 0.4) is 0 Å². The number of hydrogen-bond acceptors (Lipinski definition) is 4. The highest BCUT2D eigenvalue weighted by molar-refractivity contribution is 7.12. The van der Waals surface area contributed by atoms with Crippen LogP contribution in [0.25, 0.3) is 0 Å². The third-order valence-corrected chi connectivity index (χ3v) is 4.57. The maximum Gasteiger partial charge on any atom is 0.261 e. The van der Waals surface area contributed by atoms with Gasteiger partial charge in [0.15, 0.2) is 0 Å². The van der Waals surface area contributed by atoms with E-state index in [0.29, 0.717) is 47.9 Å². The van der Waals surface area contributed by atoms with Crippen molar-refractivity contribution in [1.29, 1.82) is 0 Å². The number of benzene rings is 1. The fourth-order valence-corrected chi connectivity index (χ4v) is 2.88. The molecule has 8 heteroatoms. The van der Waals surface area contributed by atoms with E-state index in [4.69, 9.17) is 11.6 Å². The predicted octanol–water partition coefficient (Wildman–Crippen LogP) is 2.46. The van der Waals surface area contributed by atoms with Crippen LogP contribution in [0.15, 0.2) is 41.8 Å². The number of thiophene rings is 1. The van der Waals surface area contributed by atoms with E-state index in [9.17, 15) is 14.4 Å². The van der Waals surface area contributed by atoms with Crippen molar-refractivity contribution >= 4 is 40.7 Å². The highest BCUT2D eigenvalue weighted by Gasteiger charge is 2.07. The lowest BCUT2D eigenvalue weighted by Crippen LogP contribution is -2.35. The number of carbonyl (C=O) groups is 3. The Morgan fingerprint density at radius 2 is 1.58 bits per heavy atom. The topological polar surface area (TPSA) is 87.3 Å². The predicted molar refractivity (Wildman–Crippen MR) is 103 cm³/mol. The van der Waals surface area contributed by atoms with Gasteiger partial charge >= 0.3 is 0 Å². The molecule has 6 nitrogen and oxygen atoms in total. The molecule has 0 saturated carbocycles. The minimum absolute atomic E-state index is 0.115. The van der Waals surface area contributed by atoms with Crippen LogP contribution in [0.4, 0.5) is 0 Å². The van der Waals surface area contributed by atoms with Crippen LogP contribution in [0.2, 0.25) is 5.02 Å². The molecule has 1 aromatic heterocycles. The third-order valence-electron chi connectivity index (χ3n) is 3.45. The van der Waals surface area contributed by atoms with Crippen molar-refractivity contribution in [2.75, 3.05) is 19.6 Å². The van der Waals surface area contributed by atoms with Gasteiger partial charge in [0.1, 0.15) is 0 Å². The Morgan fingerprint density at radius 3 is 2.27 bits per heavy atom. The molecule has 3 amide bonds. The fraction of sp³-hybridized carbons (Fsp3) is 0.278. The van der Waals surface area contributed by atoms with Gasteiger partial charge in [-0.3, -0.25) is 14.4 Å². The van der Waals surface area contributed by atoms with Crippen molar-refractivity contribution in [2.24, 2.45) is 0 Å². The molecule has 0 bridgehead atoms. The second kappa shape index (κ2) is 10.6. The first-order valence-corrected chi connectivity index (χ1v) is 9.44. The molecule has 0 atom stereocenters.